The van der Waals surface area contributed by atoms with Gasteiger partial charge in [-0.2, -0.15) is 0 Å². The summed E-state index contributed by atoms with van der Waals surface area (Å²) in [5.74, 6) is 0.350. The number of carbonyl (C=O) groups excluding carboxylic acids is 2. The number of rotatable bonds is 3. The number of benzene rings is 1. The Bertz CT molecular complexity index is 888. The third kappa shape index (κ3) is 3.24. The number of amides is 2. The molecule has 2 aliphatic carbocycles. The molecule has 0 unspecified atom stereocenters. The van der Waals surface area contributed by atoms with Crippen LogP contribution in [0.4, 0.5) is 0 Å². The van der Waals surface area contributed by atoms with Gasteiger partial charge in [0.25, 0.3) is 5.91 Å². The van der Waals surface area contributed by atoms with E-state index < -0.39 is 0 Å². The third-order valence-electron chi connectivity index (χ3n) is 6.42. The van der Waals surface area contributed by atoms with E-state index in [1.807, 2.05) is 11.0 Å². The fraction of sp³-hybridized carbons (Fsp3) is 0.545. The normalized spacial score (nSPS) is 20.5. The molecule has 1 saturated carbocycles. The van der Waals surface area contributed by atoms with Crippen molar-refractivity contribution in [3.63, 3.8) is 0 Å². The minimum Gasteiger partial charge on any atom is -0.358 e. The van der Waals surface area contributed by atoms with Crippen LogP contribution >= 0.6 is 0 Å². The number of carbonyl (C=O) groups is 2. The van der Waals surface area contributed by atoms with E-state index in [1.54, 1.807) is 0 Å². The van der Waals surface area contributed by atoms with Gasteiger partial charge in [0, 0.05) is 47.2 Å². The first-order valence-corrected chi connectivity index (χ1v) is 10.4. The highest BCUT2D eigenvalue weighted by Crippen LogP contribution is 2.30. The predicted molar refractivity (Wildman–Crippen MR) is 105 cm³/mol. The largest absolute Gasteiger partial charge is 0.358 e. The lowest BCUT2D eigenvalue weighted by molar-refractivity contribution is -0.126. The maximum atomic E-state index is 13.0. The molecule has 5 nitrogen and oxygen atoms in total. The molecule has 5 rings (SSSR count). The van der Waals surface area contributed by atoms with Gasteiger partial charge in [0.2, 0.25) is 5.91 Å². The SMILES string of the molecule is O=C(NC1CC1)C1CCN(C(=O)c2ccc3[nH]c4c(c3c2)CCCC4)CC1. The number of aromatic amines is 1. The van der Waals surface area contributed by atoms with Crippen molar-refractivity contribution < 1.29 is 9.59 Å². The van der Waals surface area contributed by atoms with E-state index in [2.05, 4.69) is 22.4 Å². The first-order valence-electron chi connectivity index (χ1n) is 10.4. The van der Waals surface area contributed by atoms with Crippen molar-refractivity contribution in [2.75, 3.05) is 13.1 Å². The Morgan fingerprint density at radius 2 is 1.81 bits per heavy atom. The number of hydrogen-bond donors (Lipinski definition) is 2. The molecule has 1 aromatic heterocycles. The van der Waals surface area contributed by atoms with Crippen molar-refractivity contribution in [1.29, 1.82) is 0 Å². The van der Waals surface area contributed by atoms with Gasteiger partial charge < -0.3 is 15.2 Å². The first kappa shape index (κ1) is 16.8. The van der Waals surface area contributed by atoms with E-state index in [4.69, 9.17) is 0 Å². The standard InChI is InChI=1S/C22H27N3O2/c26-21(23-16-6-7-16)14-9-11-25(12-10-14)22(27)15-5-8-20-18(13-15)17-3-1-2-4-19(17)24-20/h5,8,13-14,16,24H,1-4,6-7,9-12H2,(H,23,26). The molecule has 2 aromatic rings. The quantitative estimate of drug-likeness (QED) is 0.877. The lowest BCUT2D eigenvalue weighted by Gasteiger charge is -2.31. The van der Waals surface area contributed by atoms with Crippen molar-refractivity contribution in [3.8, 4) is 0 Å². The van der Waals surface area contributed by atoms with E-state index in [-0.39, 0.29) is 17.7 Å². The first-order chi connectivity index (χ1) is 13.2. The molecule has 1 aliphatic heterocycles. The minimum atomic E-state index is 0.0637. The van der Waals surface area contributed by atoms with Gasteiger partial charge in [-0.25, -0.2) is 0 Å². The van der Waals surface area contributed by atoms with Gasteiger partial charge >= 0.3 is 0 Å². The Labute approximate surface area is 159 Å². The van der Waals surface area contributed by atoms with Crippen molar-refractivity contribution >= 4 is 22.7 Å². The smallest absolute Gasteiger partial charge is 0.253 e. The summed E-state index contributed by atoms with van der Waals surface area (Å²) in [4.78, 5) is 30.7. The molecular formula is C22H27N3O2. The maximum Gasteiger partial charge on any atom is 0.253 e. The molecular weight excluding hydrogens is 338 g/mol. The molecule has 0 radical (unpaired) electrons. The van der Waals surface area contributed by atoms with Crippen LogP contribution in [-0.2, 0) is 17.6 Å². The number of hydrogen-bond acceptors (Lipinski definition) is 2. The molecule has 5 heteroatoms. The number of likely N-dealkylation sites (tertiary alicyclic amines) is 1. The predicted octanol–water partition coefficient (Wildman–Crippen LogP) is 3.18. The van der Waals surface area contributed by atoms with Crippen molar-refractivity contribution in [2.24, 2.45) is 5.92 Å². The topological polar surface area (TPSA) is 65.2 Å². The number of nitrogens with zero attached hydrogens (tertiary/aromatic N) is 1. The van der Waals surface area contributed by atoms with E-state index in [1.165, 1.54) is 29.5 Å². The summed E-state index contributed by atoms with van der Waals surface area (Å²) >= 11 is 0. The van der Waals surface area contributed by atoms with Gasteiger partial charge in [-0.1, -0.05) is 0 Å². The van der Waals surface area contributed by atoms with E-state index in [0.29, 0.717) is 19.1 Å². The Morgan fingerprint density at radius 1 is 1.04 bits per heavy atom. The molecule has 2 amide bonds. The van der Waals surface area contributed by atoms with Crippen molar-refractivity contribution in [2.45, 2.75) is 57.4 Å². The fourth-order valence-corrected chi connectivity index (χ4v) is 4.61. The Balaban J connectivity index is 1.29. The number of fused-ring (bicyclic) bond motifs is 3. The zero-order valence-electron chi connectivity index (χ0n) is 15.7. The van der Waals surface area contributed by atoms with E-state index >= 15 is 0 Å². The van der Waals surface area contributed by atoms with E-state index in [0.717, 1.165) is 49.6 Å². The van der Waals surface area contributed by atoms with Gasteiger partial charge in [0.1, 0.15) is 0 Å². The molecule has 0 bridgehead atoms. The highest BCUT2D eigenvalue weighted by Gasteiger charge is 2.31. The summed E-state index contributed by atoms with van der Waals surface area (Å²) in [6, 6.07) is 6.48. The highest BCUT2D eigenvalue weighted by atomic mass is 16.2. The second-order valence-corrected chi connectivity index (χ2v) is 8.40. The van der Waals surface area contributed by atoms with E-state index in [9.17, 15) is 9.59 Å². The molecule has 1 aromatic carbocycles. The summed E-state index contributed by atoms with van der Waals surface area (Å²) in [5, 5.41) is 4.32. The molecule has 0 atom stereocenters. The number of H-pyrrole nitrogens is 1. The molecule has 27 heavy (non-hydrogen) atoms. The molecule has 142 valence electrons. The summed E-state index contributed by atoms with van der Waals surface area (Å²) in [7, 11) is 0. The second kappa shape index (κ2) is 6.70. The van der Waals surface area contributed by atoms with Gasteiger partial charge in [-0.05, 0) is 75.1 Å². The molecule has 2 heterocycles. The fourth-order valence-electron chi connectivity index (χ4n) is 4.61. The van der Waals surface area contributed by atoms with Crippen LogP contribution in [0.1, 0.15) is 60.1 Å². The van der Waals surface area contributed by atoms with Crippen LogP contribution < -0.4 is 5.32 Å². The van der Waals surface area contributed by atoms with Gasteiger partial charge in [0.15, 0.2) is 0 Å². The zero-order valence-corrected chi connectivity index (χ0v) is 15.7. The third-order valence-corrected chi connectivity index (χ3v) is 6.42. The summed E-state index contributed by atoms with van der Waals surface area (Å²) in [5.41, 5.74) is 4.68. The van der Waals surface area contributed by atoms with Crippen LogP contribution in [0.5, 0.6) is 0 Å². The van der Waals surface area contributed by atoms with Crippen LogP contribution in [0.3, 0.4) is 0 Å². The molecule has 1 saturated heterocycles. The van der Waals surface area contributed by atoms with Gasteiger partial charge in [-0.15, -0.1) is 0 Å². The van der Waals surface area contributed by atoms with Crippen molar-refractivity contribution in [1.82, 2.24) is 15.2 Å². The molecule has 2 fully saturated rings. The minimum absolute atomic E-state index is 0.0637. The summed E-state index contributed by atoms with van der Waals surface area (Å²) < 4.78 is 0. The van der Waals surface area contributed by atoms with Gasteiger partial charge in [-0.3, -0.25) is 9.59 Å². The average Bonchev–Trinajstić information content (AvgIpc) is 3.45. The Kier molecular flexibility index (Phi) is 4.18. The highest BCUT2D eigenvalue weighted by molar-refractivity contribution is 5.99. The zero-order chi connectivity index (χ0) is 18.4. The number of aryl methyl sites for hydroxylation is 2. The maximum absolute atomic E-state index is 13.0. The number of nitrogens with one attached hydrogen (secondary N) is 2. The molecule has 3 aliphatic rings. The Hall–Kier alpha value is -2.30. The lowest BCUT2D eigenvalue weighted by Crippen LogP contribution is -2.43. The molecule has 0 spiro atoms. The summed E-state index contributed by atoms with van der Waals surface area (Å²) in [6.07, 6.45) is 8.47. The Morgan fingerprint density at radius 3 is 2.59 bits per heavy atom. The number of aromatic nitrogens is 1. The number of piperidine rings is 1. The van der Waals surface area contributed by atoms with Gasteiger partial charge in [0.05, 0.1) is 0 Å². The molecule has 2 N–H and O–H groups in total. The summed E-state index contributed by atoms with van der Waals surface area (Å²) in [6.45, 7) is 1.34. The van der Waals surface area contributed by atoms with Crippen LogP contribution in [0.15, 0.2) is 18.2 Å². The van der Waals surface area contributed by atoms with Crippen LogP contribution in [0.25, 0.3) is 10.9 Å². The van der Waals surface area contributed by atoms with Crippen LogP contribution in [0, 0.1) is 5.92 Å². The lowest BCUT2D eigenvalue weighted by atomic mass is 9.94. The van der Waals surface area contributed by atoms with Crippen LogP contribution in [-0.4, -0.2) is 40.8 Å². The van der Waals surface area contributed by atoms with Crippen molar-refractivity contribution in [3.05, 3.63) is 35.0 Å². The monoisotopic (exact) mass is 365 g/mol. The average molecular weight is 365 g/mol. The second-order valence-electron chi connectivity index (χ2n) is 8.40. The van der Waals surface area contributed by atoms with Crippen LogP contribution in [0.2, 0.25) is 0 Å².